The van der Waals surface area contributed by atoms with Gasteiger partial charge in [-0.2, -0.15) is 5.26 Å². The van der Waals surface area contributed by atoms with Gasteiger partial charge in [0.25, 0.3) is 5.56 Å². The molecule has 0 aliphatic rings. The molecule has 0 aliphatic carbocycles. The van der Waals surface area contributed by atoms with Crippen LogP contribution in [0.3, 0.4) is 0 Å². The normalized spacial score (nSPS) is 11.7. The average molecular weight is 361 g/mol. The quantitative estimate of drug-likeness (QED) is 0.559. The number of nitriles is 1. The van der Waals surface area contributed by atoms with Crippen LogP contribution in [-0.4, -0.2) is 28.9 Å². The van der Waals surface area contributed by atoms with Gasteiger partial charge in [-0.1, -0.05) is 31.2 Å². The average Bonchev–Trinajstić information content (AvgIpc) is 3.25. The lowest BCUT2D eigenvalue weighted by Crippen LogP contribution is -2.24. The second kappa shape index (κ2) is 6.06. The number of para-hydroxylation sites is 2. The van der Waals surface area contributed by atoms with Crippen LogP contribution in [0.5, 0.6) is 0 Å². The first-order valence-electron chi connectivity index (χ1n) is 8.82. The first-order chi connectivity index (χ1) is 13.0. The van der Waals surface area contributed by atoms with Crippen LogP contribution in [0.1, 0.15) is 45.3 Å². The molecule has 3 heterocycles. The van der Waals surface area contributed by atoms with E-state index in [1.807, 2.05) is 58.2 Å². The van der Waals surface area contributed by atoms with Gasteiger partial charge < -0.3 is 4.57 Å². The van der Waals surface area contributed by atoms with E-state index in [-0.39, 0.29) is 17.5 Å². The molecule has 0 atom stereocenters. The molecule has 27 heavy (non-hydrogen) atoms. The Morgan fingerprint density at radius 2 is 1.81 bits per heavy atom. The zero-order chi connectivity index (χ0) is 19.3. The summed E-state index contributed by atoms with van der Waals surface area (Å²) < 4.78 is 4.67. The van der Waals surface area contributed by atoms with E-state index in [2.05, 4.69) is 15.3 Å². The van der Waals surface area contributed by atoms with Crippen molar-refractivity contribution >= 4 is 16.6 Å². The molecule has 0 saturated carbocycles. The van der Waals surface area contributed by atoms with Crippen LogP contribution < -0.4 is 5.56 Å². The van der Waals surface area contributed by atoms with E-state index < -0.39 is 0 Å². The van der Waals surface area contributed by atoms with Crippen LogP contribution in [0.2, 0.25) is 0 Å². The van der Waals surface area contributed by atoms with Crippen molar-refractivity contribution in [3.05, 3.63) is 46.6 Å². The lowest BCUT2D eigenvalue weighted by Gasteiger charge is -2.15. The lowest BCUT2D eigenvalue weighted by atomic mass is 10.1. The number of nitrogens with zero attached hydrogens (tertiary/aromatic N) is 7. The number of hydrogen-bond acceptors (Lipinski definition) is 5. The van der Waals surface area contributed by atoms with Gasteiger partial charge in [-0.05, 0) is 31.9 Å². The van der Waals surface area contributed by atoms with Crippen molar-refractivity contribution in [2.45, 2.75) is 39.7 Å². The summed E-state index contributed by atoms with van der Waals surface area (Å²) in [6.45, 7) is 7.88. The molecule has 4 aromatic rings. The van der Waals surface area contributed by atoms with Gasteiger partial charge in [-0.3, -0.25) is 9.20 Å². The van der Waals surface area contributed by atoms with E-state index in [1.54, 1.807) is 15.3 Å². The fourth-order valence-electron chi connectivity index (χ4n) is 3.49. The first-order valence-corrected chi connectivity index (χ1v) is 8.82. The van der Waals surface area contributed by atoms with E-state index in [0.29, 0.717) is 22.6 Å². The van der Waals surface area contributed by atoms with Gasteiger partial charge in [-0.15, -0.1) is 9.78 Å². The van der Waals surface area contributed by atoms with Crippen LogP contribution >= 0.6 is 0 Å². The largest absolute Gasteiger partial charge is 0.302 e. The molecule has 0 fully saturated rings. The molecule has 3 aromatic heterocycles. The van der Waals surface area contributed by atoms with Crippen molar-refractivity contribution in [1.29, 1.82) is 5.26 Å². The van der Waals surface area contributed by atoms with Gasteiger partial charge in [0.1, 0.15) is 23.2 Å². The maximum absolute atomic E-state index is 13.4. The van der Waals surface area contributed by atoms with Gasteiger partial charge in [0.2, 0.25) is 6.19 Å². The predicted molar refractivity (Wildman–Crippen MR) is 101 cm³/mol. The second-order valence-electron chi connectivity index (χ2n) is 7.06. The Bertz CT molecular complexity index is 1270. The van der Waals surface area contributed by atoms with Gasteiger partial charge in [-0.25, -0.2) is 4.98 Å². The minimum Gasteiger partial charge on any atom is -0.302 e. The zero-order valence-corrected chi connectivity index (χ0v) is 15.6. The SMILES string of the molecule is CC(C)c1nnn(C#N)c1-c1ncn2c1c(=O)n(C(C)C)c1ccccc12. The minimum atomic E-state index is -0.156. The maximum Gasteiger partial charge on any atom is 0.277 e. The Hall–Kier alpha value is -3.47. The summed E-state index contributed by atoms with van der Waals surface area (Å²) in [7, 11) is 0. The number of benzene rings is 1. The van der Waals surface area contributed by atoms with Gasteiger partial charge >= 0.3 is 0 Å². The highest BCUT2D eigenvalue weighted by Gasteiger charge is 2.25. The molecule has 4 rings (SSSR count). The smallest absolute Gasteiger partial charge is 0.277 e. The molecule has 0 bridgehead atoms. The second-order valence-corrected chi connectivity index (χ2v) is 7.06. The lowest BCUT2D eigenvalue weighted by molar-refractivity contribution is 0.601. The van der Waals surface area contributed by atoms with Crippen LogP contribution in [0.15, 0.2) is 35.4 Å². The first kappa shape index (κ1) is 17.0. The molecule has 0 unspecified atom stereocenters. The summed E-state index contributed by atoms with van der Waals surface area (Å²) in [5.41, 5.74) is 3.51. The third-order valence-electron chi connectivity index (χ3n) is 4.67. The van der Waals surface area contributed by atoms with E-state index in [9.17, 15) is 10.1 Å². The van der Waals surface area contributed by atoms with Crippen molar-refractivity contribution in [2.24, 2.45) is 0 Å². The standard InChI is InChI=1S/C19H19N7O/c1-11(2)15-17(25(9-20)23-22-15)16-18-19(27)26(12(3)4)14-8-6-5-7-13(14)24(18)10-21-16/h5-8,10-12H,1-4H3. The molecule has 0 radical (unpaired) electrons. The molecule has 8 heteroatoms. The minimum absolute atomic E-state index is 0.0290. The molecule has 8 nitrogen and oxygen atoms in total. The highest BCUT2D eigenvalue weighted by atomic mass is 16.1. The van der Waals surface area contributed by atoms with Crippen molar-refractivity contribution in [2.75, 3.05) is 0 Å². The van der Waals surface area contributed by atoms with Gasteiger partial charge in [0, 0.05) is 6.04 Å². The number of fused-ring (bicyclic) bond motifs is 3. The monoisotopic (exact) mass is 361 g/mol. The van der Waals surface area contributed by atoms with Crippen LogP contribution in [0, 0.1) is 11.5 Å². The van der Waals surface area contributed by atoms with Crippen LogP contribution in [0.4, 0.5) is 0 Å². The number of hydrogen-bond donors (Lipinski definition) is 0. The summed E-state index contributed by atoms with van der Waals surface area (Å²) in [6, 6.07) is 7.69. The fourth-order valence-corrected chi connectivity index (χ4v) is 3.49. The predicted octanol–water partition coefficient (Wildman–Crippen LogP) is 2.94. The molecule has 0 N–H and O–H groups in total. The summed E-state index contributed by atoms with van der Waals surface area (Å²) in [4.78, 5) is 17.9. The number of imidazole rings is 1. The highest BCUT2D eigenvalue weighted by molar-refractivity contribution is 5.85. The summed E-state index contributed by atoms with van der Waals surface area (Å²) >= 11 is 0. The van der Waals surface area contributed by atoms with E-state index in [4.69, 9.17) is 0 Å². The third kappa shape index (κ3) is 2.35. The molecule has 1 aromatic carbocycles. The van der Waals surface area contributed by atoms with Crippen LogP contribution in [0.25, 0.3) is 27.9 Å². The van der Waals surface area contributed by atoms with Crippen LogP contribution in [-0.2, 0) is 0 Å². The van der Waals surface area contributed by atoms with Crippen molar-refractivity contribution < 1.29 is 0 Å². The maximum atomic E-state index is 13.4. The Balaban J connectivity index is 2.20. The molecular formula is C19H19N7O. The molecule has 0 amide bonds. The van der Waals surface area contributed by atoms with E-state index in [0.717, 1.165) is 15.7 Å². The fraction of sp³-hybridized carbons (Fsp3) is 0.316. The number of rotatable bonds is 3. The summed E-state index contributed by atoms with van der Waals surface area (Å²) in [6.07, 6.45) is 3.63. The van der Waals surface area contributed by atoms with Crippen molar-refractivity contribution in [1.82, 2.24) is 28.9 Å². The number of aromatic nitrogens is 6. The highest BCUT2D eigenvalue weighted by Crippen LogP contribution is 2.30. The van der Waals surface area contributed by atoms with Crippen molar-refractivity contribution in [3.8, 4) is 17.6 Å². The molecule has 0 aliphatic heterocycles. The summed E-state index contributed by atoms with van der Waals surface area (Å²) in [5, 5.41) is 17.5. The van der Waals surface area contributed by atoms with E-state index in [1.165, 1.54) is 0 Å². The third-order valence-corrected chi connectivity index (χ3v) is 4.67. The molecular weight excluding hydrogens is 342 g/mol. The topological polar surface area (TPSA) is 93.8 Å². The van der Waals surface area contributed by atoms with Gasteiger partial charge in [0.05, 0.1) is 16.7 Å². The molecule has 136 valence electrons. The Morgan fingerprint density at radius 3 is 2.44 bits per heavy atom. The summed E-state index contributed by atoms with van der Waals surface area (Å²) in [5.74, 6) is 0.0339. The van der Waals surface area contributed by atoms with E-state index >= 15 is 0 Å². The Labute approximate surface area is 155 Å². The van der Waals surface area contributed by atoms with Crippen molar-refractivity contribution in [3.63, 3.8) is 0 Å². The Morgan fingerprint density at radius 1 is 1.11 bits per heavy atom. The van der Waals surface area contributed by atoms with Gasteiger partial charge in [0.15, 0.2) is 0 Å². The molecule has 0 saturated heterocycles. The molecule has 0 spiro atoms. The zero-order valence-electron chi connectivity index (χ0n) is 15.6. The Kier molecular flexibility index (Phi) is 3.81.